The van der Waals surface area contributed by atoms with E-state index in [9.17, 15) is 0 Å². The van der Waals surface area contributed by atoms with Gasteiger partial charge in [-0.15, -0.1) is 0 Å². The SMILES string of the molecule is CN1CC(c2coc3ccccc23)C1.CN1CC(c2coc3ccccc23)C1. The van der Waals surface area contributed by atoms with Crippen molar-refractivity contribution in [1.29, 1.82) is 0 Å². The zero-order valence-corrected chi connectivity index (χ0v) is 16.5. The predicted octanol–water partition coefficient (Wildman–Crippen LogP) is 4.92. The maximum absolute atomic E-state index is 5.52. The van der Waals surface area contributed by atoms with Crippen molar-refractivity contribution in [2.75, 3.05) is 40.3 Å². The maximum atomic E-state index is 5.52. The van der Waals surface area contributed by atoms with Crippen molar-refractivity contribution < 1.29 is 8.83 Å². The molecule has 0 radical (unpaired) electrons. The number of para-hydroxylation sites is 2. The molecule has 6 rings (SSSR count). The Kier molecular flexibility index (Phi) is 4.46. The average molecular weight is 374 g/mol. The lowest BCUT2D eigenvalue weighted by molar-refractivity contribution is 0.190. The van der Waals surface area contributed by atoms with Crippen molar-refractivity contribution in [3.63, 3.8) is 0 Å². The van der Waals surface area contributed by atoms with Gasteiger partial charge < -0.3 is 18.6 Å². The minimum absolute atomic E-state index is 0.670. The van der Waals surface area contributed by atoms with Crippen LogP contribution < -0.4 is 0 Å². The number of fused-ring (bicyclic) bond motifs is 2. The van der Waals surface area contributed by atoms with E-state index < -0.39 is 0 Å². The van der Waals surface area contributed by atoms with Crippen molar-refractivity contribution in [3.8, 4) is 0 Å². The Labute approximate surface area is 165 Å². The van der Waals surface area contributed by atoms with Crippen LogP contribution in [-0.4, -0.2) is 50.1 Å². The first kappa shape index (κ1) is 17.5. The van der Waals surface area contributed by atoms with Gasteiger partial charge in [-0.25, -0.2) is 0 Å². The molecule has 0 spiro atoms. The zero-order valence-electron chi connectivity index (χ0n) is 16.5. The molecule has 2 aromatic heterocycles. The molecule has 2 aliphatic heterocycles. The summed E-state index contributed by atoms with van der Waals surface area (Å²) in [6.45, 7) is 4.63. The quantitative estimate of drug-likeness (QED) is 0.498. The lowest BCUT2D eigenvalue weighted by Crippen LogP contribution is -2.41. The first-order chi connectivity index (χ1) is 13.7. The van der Waals surface area contributed by atoms with Gasteiger partial charge in [0, 0.05) is 59.9 Å². The fourth-order valence-corrected chi connectivity index (χ4v) is 4.42. The molecule has 4 aromatic rings. The van der Waals surface area contributed by atoms with Crippen LogP contribution in [0.3, 0.4) is 0 Å². The Morgan fingerprint density at radius 2 is 1.04 bits per heavy atom. The van der Waals surface area contributed by atoms with Gasteiger partial charge in [0.1, 0.15) is 11.2 Å². The fraction of sp³-hybridized carbons (Fsp3) is 0.333. The molecule has 4 heteroatoms. The molecule has 2 aromatic carbocycles. The Morgan fingerprint density at radius 1 is 0.643 bits per heavy atom. The molecular weight excluding hydrogens is 348 g/mol. The summed E-state index contributed by atoms with van der Waals surface area (Å²) in [6, 6.07) is 16.5. The largest absolute Gasteiger partial charge is 0.464 e. The molecule has 0 amide bonds. The van der Waals surface area contributed by atoms with Crippen molar-refractivity contribution in [3.05, 3.63) is 72.2 Å². The van der Waals surface area contributed by atoms with Crippen LogP contribution in [0.5, 0.6) is 0 Å². The van der Waals surface area contributed by atoms with E-state index in [2.05, 4.69) is 48.2 Å². The highest BCUT2D eigenvalue weighted by Gasteiger charge is 2.28. The zero-order chi connectivity index (χ0) is 19.1. The van der Waals surface area contributed by atoms with Crippen LogP contribution in [-0.2, 0) is 0 Å². The Morgan fingerprint density at radius 3 is 1.43 bits per heavy atom. The van der Waals surface area contributed by atoms with Crippen molar-refractivity contribution in [1.82, 2.24) is 9.80 Å². The van der Waals surface area contributed by atoms with Gasteiger partial charge in [0.05, 0.1) is 12.5 Å². The fourth-order valence-electron chi connectivity index (χ4n) is 4.42. The number of benzene rings is 2. The van der Waals surface area contributed by atoms with Gasteiger partial charge >= 0.3 is 0 Å². The van der Waals surface area contributed by atoms with Crippen LogP contribution in [0.2, 0.25) is 0 Å². The standard InChI is InChI=1S/2C12H13NO/c2*1-13-6-9(7-13)11-8-14-12-5-3-2-4-10(11)12/h2*2-5,8-9H,6-7H2,1H3. The molecule has 4 heterocycles. The van der Waals surface area contributed by atoms with Crippen molar-refractivity contribution in [2.45, 2.75) is 11.8 Å². The minimum atomic E-state index is 0.670. The number of hydrogen-bond donors (Lipinski definition) is 0. The third-order valence-corrected chi connectivity index (χ3v) is 6.03. The monoisotopic (exact) mass is 374 g/mol. The van der Waals surface area contributed by atoms with Gasteiger partial charge in [-0.05, 0) is 26.2 Å². The number of likely N-dealkylation sites (N-methyl/N-ethyl adjacent to an activating group) is 2. The van der Waals surface area contributed by atoms with E-state index in [-0.39, 0.29) is 0 Å². The van der Waals surface area contributed by atoms with Gasteiger partial charge in [0.15, 0.2) is 0 Å². The van der Waals surface area contributed by atoms with Crippen LogP contribution in [0.4, 0.5) is 0 Å². The molecule has 0 unspecified atom stereocenters. The van der Waals surface area contributed by atoms with Crippen molar-refractivity contribution >= 4 is 21.9 Å². The molecule has 28 heavy (non-hydrogen) atoms. The van der Waals surface area contributed by atoms with E-state index in [1.807, 2.05) is 36.8 Å². The second kappa shape index (κ2) is 7.12. The predicted molar refractivity (Wildman–Crippen MR) is 113 cm³/mol. The lowest BCUT2D eigenvalue weighted by Gasteiger charge is -2.35. The molecule has 0 N–H and O–H groups in total. The van der Waals surface area contributed by atoms with Crippen molar-refractivity contribution in [2.24, 2.45) is 0 Å². The maximum Gasteiger partial charge on any atom is 0.134 e. The summed E-state index contributed by atoms with van der Waals surface area (Å²) in [4.78, 5) is 4.65. The normalized spacial score (nSPS) is 18.6. The van der Waals surface area contributed by atoms with Gasteiger partial charge in [-0.3, -0.25) is 0 Å². The minimum Gasteiger partial charge on any atom is -0.464 e. The summed E-state index contributed by atoms with van der Waals surface area (Å²) in [5.41, 5.74) is 4.77. The van der Waals surface area contributed by atoms with E-state index in [4.69, 9.17) is 8.83 Å². The third-order valence-electron chi connectivity index (χ3n) is 6.03. The van der Waals surface area contributed by atoms with E-state index in [0.29, 0.717) is 11.8 Å². The average Bonchev–Trinajstić information content (AvgIpc) is 3.28. The van der Waals surface area contributed by atoms with Crippen LogP contribution in [0.25, 0.3) is 21.9 Å². The summed E-state index contributed by atoms with van der Waals surface area (Å²) in [6.07, 6.45) is 3.84. The van der Waals surface area contributed by atoms with Crippen LogP contribution >= 0.6 is 0 Å². The number of hydrogen-bond acceptors (Lipinski definition) is 4. The van der Waals surface area contributed by atoms with Gasteiger partial charge in [0.2, 0.25) is 0 Å². The van der Waals surface area contributed by atoms with E-state index in [1.54, 1.807) is 0 Å². The molecule has 144 valence electrons. The summed E-state index contributed by atoms with van der Waals surface area (Å²) in [5, 5.41) is 2.57. The number of furan rings is 2. The highest BCUT2D eigenvalue weighted by atomic mass is 16.3. The lowest BCUT2D eigenvalue weighted by atomic mass is 9.92. The number of likely N-dealkylation sites (tertiary alicyclic amines) is 2. The Bertz CT molecular complexity index is 996. The molecular formula is C24H26N2O2. The van der Waals surface area contributed by atoms with Crippen LogP contribution in [0, 0.1) is 0 Å². The molecule has 2 saturated heterocycles. The third kappa shape index (κ3) is 3.13. The second-order valence-corrected chi connectivity index (χ2v) is 8.21. The van der Waals surface area contributed by atoms with Gasteiger partial charge in [0.25, 0.3) is 0 Å². The molecule has 0 saturated carbocycles. The summed E-state index contributed by atoms with van der Waals surface area (Å²) in [7, 11) is 4.30. The van der Waals surface area contributed by atoms with E-state index in [1.165, 1.54) is 21.9 Å². The van der Waals surface area contributed by atoms with Crippen LogP contribution in [0.1, 0.15) is 23.0 Å². The highest BCUT2D eigenvalue weighted by Crippen LogP contribution is 2.33. The number of nitrogens with zero attached hydrogens (tertiary/aromatic N) is 2. The summed E-state index contributed by atoms with van der Waals surface area (Å²) < 4.78 is 11.0. The van der Waals surface area contributed by atoms with Crippen LogP contribution in [0.15, 0.2) is 69.9 Å². The van der Waals surface area contributed by atoms with E-state index >= 15 is 0 Å². The first-order valence-electron chi connectivity index (χ1n) is 9.98. The van der Waals surface area contributed by atoms with Gasteiger partial charge in [-0.2, -0.15) is 0 Å². The molecule has 2 aliphatic rings. The summed E-state index contributed by atoms with van der Waals surface area (Å²) in [5.74, 6) is 1.34. The molecule has 4 nitrogen and oxygen atoms in total. The molecule has 2 fully saturated rings. The molecule has 0 bridgehead atoms. The summed E-state index contributed by atoms with van der Waals surface area (Å²) >= 11 is 0. The Hall–Kier alpha value is -2.56. The Balaban J connectivity index is 0.000000122. The smallest absolute Gasteiger partial charge is 0.134 e. The highest BCUT2D eigenvalue weighted by molar-refractivity contribution is 5.82. The number of rotatable bonds is 2. The first-order valence-corrected chi connectivity index (χ1v) is 9.98. The topological polar surface area (TPSA) is 32.8 Å². The molecule has 0 atom stereocenters. The molecule has 0 aliphatic carbocycles. The van der Waals surface area contributed by atoms with E-state index in [0.717, 1.165) is 37.3 Å². The van der Waals surface area contributed by atoms with Gasteiger partial charge in [-0.1, -0.05) is 36.4 Å². The second-order valence-electron chi connectivity index (χ2n) is 8.21.